The van der Waals surface area contributed by atoms with E-state index in [1.807, 2.05) is 52.8 Å². The van der Waals surface area contributed by atoms with Gasteiger partial charge in [0, 0.05) is 44.8 Å². The lowest BCUT2D eigenvalue weighted by molar-refractivity contribution is -0.137. The summed E-state index contributed by atoms with van der Waals surface area (Å²) >= 11 is 0. The minimum absolute atomic E-state index is 0.134. The molecule has 1 aliphatic carbocycles. The summed E-state index contributed by atoms with van der Waals surface area (Å²) in [6, 6.07) is 5.71. The summed E-state index contributed by atoms with van der Waals surface area (Å²) in [7, 11) is 3.01. The van der Waals surface area contributed by atoms with Crippen LogP contribution in [-0.4, -0.2) is 66.3 Å². The first-order valence-electron chi connectivity index (χ1n) is 13.5. The summed E-state index contributed by atoms with van der Waals surface area (Å²) in [6.45, 7) is 10.8. The van der Waals surface area contributed by atoms with Crippen LogP contribution in [0.2, 0.25) is 0 Å². The van der Waals surface area contributed by atoms with Gasteiger partial charge in [-0.25, -0.2) is 14.2 Å². The van der Waals surface area contributed by atoms with Crippen LogP contribution in [0.5, 0.6) is 5.75 Å². The first kappa shape index (κ1) is 26.0. The largest absolute Gasteiger partial charge is 0.497 e. The molecule has 208 valence electrons. The second kappa shape index (κ2) is 8.86. The summed E-state index contributed by atoms with van der Waals surface area (Å²) in [6.07, 6.45) is 1.27. The maximum absolute atomic E-state index is 13.8. The van der Waals surface area contributed by atoms with Crippen LogP contribution in [0.3, 0.4) is 0 Å². The second-order valence-electron chi connectivity index (χ2n) is 12.1. The minimum atomic E-state index is -0.823. The average molecular weight is 537 g/mol. The Morgan fingerprint density at radius 1 is 1.13 bits per heavy atom. The molecule has 9 nitrogen and oxygen atoms in total. The van der Waals surface area contributed by atoms with Gasteiger partial charge in [-0.15, -0.1) is 0 Å². The Labute approximate surface area is 228 Å². The Kier molecular flexibility index (Phi) is 5.89. The Balaban J connectivity index is 1.50. The molecule has 1 aromatic carbocycles. The van der Waals surface area contributed by atoms with E-state index < -0.39 is 23.5 Å². The molecule has 2 aromatic rings. The van der Waals surface area contributed by atoms with Gasteiger partial charge in [-0.1, -0.05) is 0 Å². The molecule has 9 heteroatoms. The van der Waals surface area contributed by atoms with E-state index in [2.05, 4.69) is 4.90 Å². The van der Waals surface area contributed by atoms with E-state index >= 15 is 0 Å². The highest BCUT2D eigenvalue weighted by molar-refractivity contribution is 5.96. The molecular formula is C30H36N2O7. The summed E-state index contributed by atoms with van der Waals surface area (Å²) in [5.74, 6) is -0.0291. The van der Waals surface area contributed by atoms with Crippen molar-refractivity contribution in [3.8, 4) is 5.75 Å². The highest BCUT2D eigenvalue weighted by atomic mass is 16.7. The first-order chi connectivity index (χ1) is 18.4. The fraction of sp³-hybridized carbons (Fsp3) is 0.533. The smallest absolute Gasteiger partial charge is 0.419 e. The molecule has 1 aromatic heterocycles. The Bertz CT molecular complexity index is 1460. The van der Waals surface area contributed by atoms with Crippen molar-refractivity contribution in [3.63, 3.8) is 0 Å². The van der Waals surface area contributed by atoms with E-state index in [1.54, 1.807) is 11.7 Å². The van der Waals surface area contributed by atoms with Crippen molar-refractivity contribution in [2.75, 3.05) is 27.3 Å². The molecule has 0 bridgehead atoms. The maximum atomic E-state index is 13.8. The van der Waals surface area contributed by atoms with Crippen LogP contribution >= 0.6 is 0 Å². The van der Waals surface area contributed by atoms with Crippen molar-refractivity contribution in [2.45, 2.75) is 77.4 Å². The van der Waals surface area contributed by atoms with Gasteiger partial charge in [0.25, 0.3) is 0 Å². The van der Waals surface area contributed by atoms with Gasteiger partial charge in [0.05, 0.1) is 31.5 Å². The van der Waals surface area contributed by atoms with Gasteiger partial charge >= 0.3 is 12.1 Å². The lowest BCUT2D eigenvalue weighted by atomic mass is 9.78. The Hall–Kier alpha value is -3.30. The van der Waals surface area contributed by atoms with Gasteiger partial charge in [-0.05, 0) is 62.5 Å². The lowest BCUT2D eigenvalue weighted by Crippen LogP contribution is -2.43. The number of rotatable bonds is 2. The zero-order valence-electron chi connectivity index (χ0n) is 23.7. The van der Waals surface area contributed by atoms with Crippen LogP contribution < -0.4 is 4.74 Å². The van der Waals surface area contributed by atoms with E-state index in [0.717, 1.165) is 46.3 Å². The molecule has 0 spiro atoms. The molecule has 4 heterocycles. The van der Waals surface area contributed by atoms with Crippen molar-refractivity contribution in [1.29, 1.82) is 0 Å². The first-order valence-corrected chi connectivity index (χ1v) is 13.5. The van der Waals surface area contributed by atoms with Crippen LogP contribution in [0, 0.1) is 0 Å². The van der Waals surface area contributed by atoms with Gasteiger partial charge in [0.15, 0.2) is 0 Å². The van der Waals surface area contributed by atoms with Crippen LogP contribution in [0.15, 0.2) is 40.7 Å². The molecule has 0 amide bonds. The van der Waals surface area contributed by atoms with Gasteiger partial charge < -0.3 is 23.7 Å². The average Bonchev–Trinajstić information content (AvgIpc) is 3.36. The van der Waals surface area contributed by atoms with Gasteiger partial charge in [-0.2, -0.15) is 0 Å². The number of esters is 1. The fourth-order valence-corrected chi connectivity index (χ4v) is 6.54. The number of benzene rings is 1. The van der Waals surface area contributed by atoms with Crippen LogP contribution in [-0.2, 0) is 30.2 Å². The van der Waals surface area contributed by atoms with Crippen LogP contribution in [0.4, 0.5) is 4.79 Å². The highest BCUT2D eigenvalue weighted by Gasteiger charge is 2.49. The third-order valence-corrected chi connectivity index (χ3v) is 7.96. The quantitative estimate of drug-likeness (QED) is 0.495. The van der Waals surface area contributed by atoms with E-state index in [0.29, 0.717) is 36.5 Å². The molecule has 4 aliphatic rings. The molecule has 1 fully saturated rings. The third kappa shape index (κ3) is 4.23. The number of nitrogens with zero attached hydrogens (tertiary/aromatic N) is 2. The minimum Gasteiger partial charge on any atom is -0.497 e. The predicted molar refractivity (Wildman–Crippen MR) is 143 cm³/mol. The Morgan fingerprint density at radius 2 is 1.90 bits per heavy atom. The predicted octanol–water partition coefficient (Wildman–Crippen LogP) is 5.01. The molecule has 2 atom stereocenters. The number of hydrogen-bond donors (Lipinski definition) is 0. The number of fused-ring (bicyclic) bond motifs is 6. The van der Waals surface area contributed by atoms with Gasteiger partial charge in [0.2, 0.25) is 5.79 Å². The number of carbonyl (C=O) groups is 2. The van der Waals surface area contributed by atoms with Gasteiger partial charge in [0.1, 0.15) is 28.8 Å². The van der Waals surface area contributed by atoms with E-state index in [9.17, 15) is 9.59 Å². The van der Waals surface area contributed by atoms with E-state index in [-0.39, 0.29) is 12.1 Å². The number of aromatic nitrogens is 1. The summed E-state index contributed by atoms with van der Waals surface area (Å²) in [5.41, 5.74) is 4.69. The third-order valence-electron chi connectivity index (χ3n) is 7.96. The molecule has 0 unspecified atom stereocenters. The van der Waals surface area contributed by atoms with Crippen LogP contribution in [0.1, 0.15) is 64.8 Å². The standard InChI is InChI=1S/C30H36N2O7/c1-29(2,3)39-28(34)32-21-13-17(35-6)8-9-18(21)19-10-11-31-15-16-12-23-26(38-30(4,5)37-23)24(27(33)36-7)20(16)14-22(31)25(19)32/h8-9,13,22-23H,10-12,14-15H2,1-7H3/t22-,23+/m1/s1. The summed E-state index contributed by atoms with van der Waals surface area (Å²) < 4.78 is 30.7. The van der Waals surface area contributed by atoms with E-state index in [4.69, 9.17) is 23.7 Å². The summed E-state index contributed by atoms with van der Waals surface area (Å²) in [5, 5.41) is 1.01. The second-order valence-corrected chi connectivity index (χ2v) is 12.1. The van der Waals surface area contributed by atoms with Crippen molar-refractivity contribution >= 4 is 23.0 Å². The SMILES string of the molecule is COC(=O)C1=C2OC(C)(C)O[C@H]2CC2=C1C[C@@H]1c3c(c4ccc(OC)cc4n3C(=O)OC(C)(C)C)CCN1C2. The number of carbonyl (C=O) groups excluding carboxylic acids is 2. The molecule has 0 radical (unpaired) electrons. The zero-order valence-corrected chi connectivity index (χ0v) is 23.7. The van der Waals surface area contributed by atoms with Crippen molar-refractivity contribution in [1.82, 2.24) is 9.47 Å². The molecule has 39 heavy (non-hydrogen) atoms. The van der Waals surface area contributed by atoms with Crippen LogP contribution in [0.25, 0.3) is 10.9 Å². The topological polar surface area (TPSA) is 88.5 Å². The van der Waals surface area contributed by atoms with Gasteiger partial charge in [-0.3, -0.25) is 4.90 Å². The molecule has 3 aliphatic heterocycles. The molecule has 0 saturated carbocycles. The number of methoxy groups -OCH3 is 2. The maximum Gasteiger partial charge on any atom is 0.419 e. The Morgan fingerprint density at radius 3 is 2.59 bits per heavy atom. The normalized spacial score (nSPS) is 24.0. The fourth-order valence-electron chi connectivity index (χ4n) is 6.54. The van der Waals surface area contributed by atoms with Crippen molar-refractivity contribution < 1.29 is 33.3 Å². The number of hydrogen-bond acceptors (Lipinski definition) is 8. The molecule has 6 rings (SSSR count). The monoisotopic (exact) mass is 536 g/mol. The zero-order chi connectivity index (χ0) is 27.9. The molecular weight excluding hydrogens is 500 g/mol. The van der Waals surface area contributed by atoms with E-state index in [1.165, 1.54) is 7.11 Å². The molecule has 1 saturated heterocycles. The molecule has 0 N–H and O–H groups in total. The summed E-state index contributed by atoms with van der Waals surface area (Å²) in [4.78, 5) is 29.3. The lowest BCUT2D eigenvalue weighted by Gasteiger charge is -2.43. The van der Waals surface area contributed by atoms with Crippen molar-refractivity contribution in [2.24, 2.45) is 0 Å². The number of ether oxygens (including phenoxy) is 5. The van der Waals surface area contributed by atoms with Crippen molar-refractivity contribution in [3.05, 3.63) is 51.9 Å². The highest BCUT2D eigenvalue weighted by Crippen LogP contribution is 2.50.